The fourth-order valence-electron chi connectivity index (χ4n) is 2.85. The molecule has 1 aliphatic heterocycles. The Morgan fingerprint density at radius 3 is 2.69 bits per heavy atom. The zero-order valence-electron chi connectivity index (χ0n) is 11.2. The minimum absolute atomic E-state index is 0.0720. The van der Waals surface area contributed by atoms with Crippen LogP contribution in [0, 0.1) is 5.92 Å². The summed E-state index contributed by atoms with van der Waals surface area (Å²) in [6, 6.07) is 0. The number of rotatable bonds is 6. The lowest BCUT2D eigenvalue weighted by molar-refractivity contribution is -0.0126. The van der Waals surface area contributed by atoms with Crippen LogP contribution in [0.5, 0.6) is 0 Å². The lowest BCUT2D eigenvalue weighted by atomic mass is 9.88. The molecule has 96 valence electrons. The number of methoxy groups -OCH3 is 1. The highest BCUT2D eigenvalue weighted by atomic mass is 16.5. The highest BCUT2D eigenvalue weighted by Crippen LogP contribution is 2.27. The van der Waals surface area contributed by atoms with E-state index in [0.29, 0.717) is 6.54 Å². The van der Waals surface area contributed by atoms with Gasteiger partial charge in [0.05, 0.1) is 12.1 Å². The van der Waals surface area contributed by atoms with E-state index >= 15 is 0 Å². The van der Waals surface area contributed by atoms with Crippen LogP contribution in [0.4, 0.5) is 0 Å². The van der Waals surface area contributed by atoms with E-state index in [9.17, 15) is 0 Å². The lowest BCUT2D eigenvalue weighted by Gasteiger charge is -2.46. The molecule has 0 aromatic carbocycles. The summed E-state index contributed by atoms with van der Waals surface area (Å²) < 4.78 is 5.39. The van der Waals surface area contributed by atoms with Gasteiger partial charge in [-0.15, -0.1) is 0 Å². The van der Waals surface area contributed by atoms with Gasteiger partial charge in [-0.05, 0) is 31.7 Å². The van der Waals surface area contributed by atoms with Gasteiger partial charge >= 0.3 is 0 Å². The molecule has 0 saturated carbocycles. The maximum absolute atomic E-state index is 6.00. The Hall–Kier alpha value is -0.120. The van der Waals surface area contributed by atoms with Gasteiger partial charge in [-0.2, -0.15) is 0 Å². The first-order valence-corrected chi connectivity index (χ1v) is 6.66. The zero-order chi connectivity index (χ0) is 12.0. The van der Waals surface area contributed by atoms with E-state index in [1.807, 2.05) is 0 Å². The fourth-order valence-corrected chi connectivity index (χ4v) is 2.85. The number of likely N-dealkylation sites (tertiary alicyclic amines) is 1. The van der Waals surface area contributed by atoms with E-state index in [1.165, 1.54) is 32.4 Å². The van der Waals surface area contributed by atoms with Gasteiger partial charge in [0.15, 0.2) is 0 Å². The van der Waals surface area contributed by atoms with Crippen molar-refractivity contribution in [2.75, 3.05) is 33.4 Å². The molecule has 1 rings (SSSR count). The third-order valence-electron chi connectivity index (χ3n) is 4.22. The molecular weight excluding hydrogens is 200 g/mol. The van der Waals surface area contributed by atoms with E-state index in [2.05, 4.69) is 18.7 Å². The Kier molecular flexibility index (Phi) is 5.73. The molecule has 1 fully saturated rings. The van der Waals surface area contributed by atoms with E-state index in [-0.39, 0.29) is 5.54 Å². The average molecular weight is 228 g/mol. The Labute approximate surface area is 100 Å². The molecule has 0 spiro atoms. The smallest absolute Gasteiger partial charge is 0.0658 e. The Morgan fingerprint density at radius 1 is 1.44 bits per heavy atom. The second kappa shape index (κ2) is 6.58. The van der Waals surface area contributed by atoms with Gasteiger partial charge in [0.1, 0.15) is 0 Å². The van der Waals surface area contributed by atoms with Crippen molar-refractivity contribution in [1.82, 2.24) is 4.90 Å². The van der Waals surface area contributed by atoms with Gasteiger partial charge in [-0.1, -0.05) is 20.3 Å². The average Bonchev–Trinajstić information content (AvgIpc) is 2.36. The van der Waals surface area contributed by atoms with Gasteiger partial charge < -0.3 is 10.5 Å². The topological polar surface area (TPSA) is 38.5 Å². The molecule has 0 bridgehead atoms. The van der Waals surface area contributed by atoms with Crippen molar-refractivity contribution in [2.24, 2.45) is 11.7 Å². The largest absolute Gasteiger partial charge is 0.383 e. The molecule has 0 aliphatic carbocycles. The molecule has 2 N–H and O–H groups in total. The summed E-state index contributed by atoms with van der Waals surface area (Å²) in [6.07, 6.45) is 5.05. The first-order chi connectivity index (χ1) is 7.72. The summed E-state index contributed by atoms with van der Waals surface area (Å²) in [5.74, 6) is 0.850. The Bertz CT molecular complexity index is 192. The molecule has 1 heterocycles. The van der Waals surface area contributed by atoms with Gasteiger partial charge in [0.25, 0.3) is 0 Å². The molecule has 0 aromatic rings. The monoisotopic (exact) mass is 228 g/mol. The molecular formula is C13H28N2O. The summed E-state index contributed by atoms with van der Waals surface area (Å²) in [6.45, 7) is 8.36. The van der Waals surface area contributed by atoms with E-state index in [4.69, 9.17) is 10.5 Å². The predicted molar refractivity (Wildman–Crippen MR) is 68.5 cm³/mol. The first-order valence-electron chi connectivity index (χ1n) is 6.66. The molecule has 3 heteroatoms. The van der Waals surface area contributed by atoms with Gasteiger partial charge in [0, 0.05) is 20.2 Å². The summed E-state index contributed by atoms with van der Waals surface area (Å²) in [5.41, 5.74) is 6.07. The van der Waals surface area contributed by atoms with Crippen molar-refractivity contribution in [3.05, 3.63) is 0 Å². The van der Waals surface area contributed by atoms with Crippen LogP contribution in [0.3, 0.4) is 0 Å². The normalized spacial score (nSPS) is 26.6. The van der Waals surface area contributed by atoms with Crippen LogP contribution in [0.15, 0.2) is 0 Å². The lowest BCUT2D eigenvalue weighted by Crippen LogP contribution is -2.59. The highest BCUT2D eigenvalue weighted by molar-refractivity contribution is 4.93. The number of hydrogen-bond donors (Lipinski definition) is 1. The summed E-state index contributed by atoms with van der Waals surface area (Å²) >= 11 is 0. The third-order valence-corrected chi connectivity index (χ3v) is 4.22. The fraction of sp³-hybridized carbons (Fsp3) is 1.00. The predicted octanol–water partition coefficient (Wildman–Crippen LogP) is 1.86. The molecule has 1 saturated heterocycles. The number of piperidine rings is 1. The van der Waals surface area contributed by atoms with E-state index in [1.54, 1.807) is 7.11 Å². The van der Waals surface area contributed by atoms with Crippen LogP contribution >= 0.6 is 0 Å². The maximum Gasteiger partial charge on any atom is 0.0658 e. The summed E-state index contributed by atoms with van der Waals surface area (Å²) in [5, 5.41) is 0. The van der Waals surface area contributed by atoms with Gasteiger partial charge in [0.2, 0.25) is 0 Å². The SMILES string of the molecule is CCC1CCCN(C(CC)(CN)COC)C1. The zero-order valence-corrected chi connectivity index (χ0v) is 11.2. The third kappa shape index (κ3) is 2.96. The van der Waals surface area contributed by atoms with E-state index < -0.39 is 0 Å². The number of nitrogens with two attached hydrogens (primary N) is 1. The van der Waals surface area contributed by atoms with Gasteiger partial charge in [-0.25, -0.2) is 0 Å². The Balaban J connectivity index is 2.69. The van der Waals surface area contributed by atoms with Crippen molar-refractivity contribution < 1.29 is 4.74 Å². The van der Waals surface area contributed by atoms with Crippen LogP contribution in [0.2, 0.25) is 0 Å². The van der Waals surface area contributed by atoms with Crippen molar-refractivity contribution >= 4 is 0 Å². The number of nitrogens with zero attached hydrogens (tertiary/aromatic N) is 1. The molecule has 3 nitrogen and oxygen atoms in total. The van der Waals surface area contributed by atoms with Crippen molar-refractivity contribution in [1.29, 1.82) is 0 Å². The second-order valence-electron chi connectivity index (χ2n) is 5.08. The van der Waals surface area contributed by atoms with Crippen molar-refractivity contribution in [3.63, 3.8) is 0 Å². The molecule has 1 aliphatic rings. The van der Waals surface area contributed by atoms with Crippen LogP contribution in [0.1, 0.15) is 39.5 Å². The molecule has 2 atom stereocenters. The van der Waals surface area contributed by atoms with Crippen LogP contribution in [-0.4, -0.2) is 43.8 Å². The van der Waals surface area contributed by atoms with Crippen LogP contribution in [-0.2, 0) is 4.74 Å². The van der Waals surface area contributed by atoms with Crippen molar-refractivity contribution in [2.45, 2.75) is 45.1 Å². The quantitative estimate of drug-likeness (QED) is 0.754. The minimum Gasteiger partial charge on any atom is -0.383 e. The number of ether oxygens (including phenoxy) is 1. The first kappa shape index (κ1) is 13.9. The van der Waals surface area contributed by atoms with Gasteiger partial charge in [-0.3, -0.25) is 4.90 Å². The molecule has 0 aromatic heterocycles. The van der Waals surface area contributed by atoms with E-state index in [0.717, 1.165) is 18.9 Å². The highest BCUT2D eigenvalue weighted by Gasteiger charge is 2.36. The molecule has 0 amide bonds. The second-order valence-corrected chi connectivity index (χ2v) is 5.08. The van der Waals surface area contributed by atoms with Crippen molar-refractivity contribution in [3.8, 4) is 0 Å². The molecule has 0 radical (unpaired) electrons. The standard InChI is InChI=1S/C13H28N2O/c1-4-12-7-6-8-15(9-12)13(5-2,10-14)11-16-3/h12H,4-11,14H2,1-3H3. The Morgan fingerprint density at radius 2 is 2.19 bits per heavy atom. The minimum atomic E-state index is 0.0720. The molecule has 2 unspecified atom stereocenters. The van der Waals surface area contributed by atoms with Crippen LogP contribution in [0.25, 0.3) is 0 Å². The maximum atomic E-state index is 6.00. The summed E-state index contributed by atoms with van der Waals surface area (Å²) in [4.78, 5) is 2.58. The number of hydrogen-bond acceptors (Lipinski definition) is 3. The summed E-state index contributed by atoms with van der Waals surface area (Å²) in [7, 11) is 1.78. The molecule has 16 heavy (non-hydrogen) atoms. The van der Waals surface area contributed by atoms with Crippen LogP contribution < -0.4 is 5.73 Å².